The topological polar surface area (TPSA) is 15.3 Å². The van der Waals surface area contributed by atoms with Gasteiger partial charge in [-0.15, -0.1) is 0 Å². The summed E-state index contributed by atoms with van der Waals surface area (Å²) in [5, 5.41) is 3.27. The minimum Gasteiger partial charge on any atom is -0.377 e. The summed E-state index contributed by atoms with van der Waals surface area (Å²) in [5.74, 6) is -0.149. The van der Waals surface area contributed by atoms with Gasteiger partial charge in [-0.1, -0.05) is 6.92 Å². The summed E-state index contributed by atoms with van der Waals surface area (Å²) in [6, 6.07) is 5.00. The second kappa shape index (κ2) is 6.48. The van der Waals surface area contributed by atoms with Crippen LogP contribution in [0.1, 0.15) is 18.9 Å². The number of hydrogen-bond acceptors (Lipinski definition) is 2. The Hall–Kier alpha value is -1.09. The zero-order valence-electron chi connectivity index (χ0n) is 10.4. The maximum Gasteiger partial charge on any atom is 0.123 e. The van der Waals surface area contributed by atoms with Gasteiger partial charge in [-0.25, -0.2) is 4.39 Å². The molecule has 0 spiro atoms. The van der Waals surface area contributed by atoms with E-state index in [-0.39, 0.29) is 5.82 Å². The number of aryl methyl sites for hydroxylation is 1. The Bertz CT molecular complexity index is 324. The Labute approximate surface area is 97.5 Å². The Morgan fingerprint density at radius 1 is 1.31 bits per heavy atom. The van der Waals surface area contributed by atoms with E-state index >= 15 is 0 Å². The quantitative estimate of drug-likeness (QED) is 0.747. The minimum atomic E-state index is -0.149. The number of nitrogens with zero attached hydrogens (tertiary/aromatic N) is 1. The van der Waals surface area contributed by atoms with Crippen LogP contribution in [0.4, 0.5) is 10.1 Å². The molecule has 1 rings (SSSR count). The van der Waals surface area contributed by atoms with E-state index < -0.39 is 0 Å². The molecule has 0 amide bonds. The maximum absolute atomic E-state index is 13.2. The molecule has 3 heteroatoms. The lowest BCUT2D eigenvalue weighted by Crippen LogP contribution is -2.16. The summed E-state index contributed by atoms with van der Waals surface area (Å²) in [6.07, 6.45) is 1.95. The van der Waals surface area contributed by atoms with Gasteiger partial charge < -0.3 is 10.2 Å². The Morgan fingerprint density at radius 3 is 2.69 bits per heavy atom. The first-order valence-corrected chi connectivity index (χ1v) is 5.81. The lowest BCUT2D eigenvalue weighted by molar-refractivity contribution is 0.622. The molecule has 0 bridgehead atoms. The average molecular weight is 224 g/mol. The highest BCUT2D eigenvalue weighted by molar-refractivity contribution is 5.52. The third kappa shape index (κ3) is 3.81. The van der Waals surface area contributed by atoms with Gasteiger partial charge in [-0.05, 0) is 49.7 Å². The molecule has 90 valence electrons. The van der Waals surface area contributed by atoms with Crippen LogP contribution in [-0.4, -0.2) is 27.2 Å². The van der Waals surface area contributed by atoms with E-state index in [2.05, 4.69) is 12.2 Å². The normalized spacial score (nSPS) is 10.5. The van der Waals surface area contributed by atoms with Gasteiger partial charge in [0.25, 0.3) is 0 Å². The third-order valence-corrected chi connectivity index (χ3v) is 2.57. The third-order valence-electron chi connectivity index (χ3n) is 2.57. The van der Waals surface area contributed by atoms with Gasteiger partial charge in [-0.2, -0.15) is 0 Å². The summed E-state index contributed by atoms with van der Waals surface area (Å²) in [7, 11) is 3.97. The van der Waals surface area contributed by atoms with Crippen LogP contribution in [0.2, 0.25) is 0 Å². The Balaban J connectivity index is 2.65. The smallest absolute Gasteiger partial charge is 0.123 e. The number of anilines is 1. The largest absolute Gasteiger partial charge is 0.377 e. The molecule has 1 aromatic carbocycles. The molecule has 0 radical (unpaired) electrons. The van der Waals surface area contributed by atoms with Crippen molar-refractivity contribution in [2.75, 3.05) is 32.1 Å². The number of rotatable bonds is 6. The van der Waals surface area contributed by atoms with Crippen molar-refractivity contribution in [1.29, 1.82) is 0 Å². The van der Waals surface area contributed by atoms with Gasteiger partial charge in [0, 0.05) is 19.8 Å². The highest BCUT2D eigenvalue weighted by Crippen LogP contribution is 2.20. The molecular formula is C13H21FN2. The van der Waals surface area contributed by atoms with Crippen molar-refractivity contribution < 1.29 is 4.39 Å². The summed E-state index contributed by atoms with van der Waals surface area (Å²) in [4.78, 5) is 2.03. The summed E-state index contributed by atoms with van der Waals surface area (Å²) < 4.78 is 13.2. The van der Waals surface area contributed by atoms with E-state index in [0.29, 0.717) is 0 Å². The summed E-state index contributed by atoms with van der Waals surface area (Å²) in [6.45, 7) is 4.07. The average Bonchev–Trinajstić information content (AvgIpc) is 2.24. The molecule has 0 aliphatic carbocycles. The van der Waals surface area contributed by atoms with Crippen LogP contribution in [0.25, 0.3) is 0 Å². The van der Waals surface area contributed by atoms with Crippen LogP contribution in [0.5, 0.6) is 0 Å². The van der Waals surface area contributed by atoms with Crippen molar-refractivity contribution in [3.63, 3.8) is 0 Å². The molecule has 16 heavy (non-hydrogen) atoms. The van der Waals surface area contributed by atoms with E-state index in [1.165, 1.54) is 6.07 Å². The highest BCUT2D eigenvalue weighted by Gasteiger charge is 2.05. The number of halogens is 1. The van der Waals surface area contributed by atoms with E-state index in [1.807, 2.05) is 25.1 Å². The van der Waals surface area contributed by atoms with E-state index in [1.54, 1.807) is 6.07 Å². The first-order valence-electron chi connectivity index (χ1n) is 5.81. The van der Waals surface area contributed by atoms with E-state index in [9.17, 15) is 4.39 Å². The molecule has 0 aromatic heterocycles. The van der Waals surface area contributed by atoms with Crippen LogP contribution in [-0.2, 0) is 6.42 Å². The monoisotopic (exact) mass is 224 g/mol. The zero-order chi connectivity index (χ0) is 12.0. The van der Waals surface area contributed by atoms with Gasteiger partial charge in [0.05, 0.1) is 0 Å². The van der Waals surface area contributed by atoms with Crippen LogP contribution < -0.4 is 10.2 Å². The second-order valence-corrected chi connectivity index (χ2v) is 4.12. The fraction of sp³-hybridized carbons (Fsp3) is 0.538. The number of nitrogens with one attached hydrogen (secondary N) is 1. The van der Waals surface area contributed by atoms with Crippen molar-refractivity contribution in [3.8, 4) is 0 Å². The summed E-state index contributed by atoms with van der Waals surface area (Å²) >= 11 is 0. The van der Waals surface area contributed by atoms with E-state index in [4.69, 9.17) is 0 Å². The van der Waals surface area contributed by atoms with Crippen molar-refractivity contribution in [1.82, 2.24) is 5.32 Å². The van der Waals surface area contributed by atoms with Crippen molar-refractivity contribution in [2.24, 2.45) is 0 Å². The van der Waals surface area contributed by atoms with Gasteiger partial charge in [0.15, 0.2) is 0 Å². The second-order valence-electron chi connectivity index (χ2n) is 4.12. The van der Waals surface area contributed by atoms with Crippen molar-refractivity contribution in [3.05, 3.63) is 29.6 Å². The maximum atomic E-state index is 13.2. The zero-order valence-corrected chi connectivity index (χ0v) is 10.4. The Kier molecular flexibility index (Phi) is 5.26. The van der Waals surface area contributed by atoms with Crippen LogP contribution in [0.3, 0.4) is 0 Å². The molecule has 0 fully saturated rings. The molecule has 0 aliphatic rings. The predicted octanol–water partition coefficient (Wildman–Crippen LogP) is 2.43. The molecule has 0 aliphatic heterocycles. The molecular weight excluding hydrogens is 203 g/mol. The molecule has 0 unspecified atom stereocenters. The minimum absolute atomic E-state index is 0.149. The van der Waals surface area contributed by atoms with Gasteiger partial charge >= 0.3 is 0 Å². The molecule has 0 heterocycles. The summed E-state index contributed by atoms with van der Waals surface area (Å²) in [5.41, 5.74) is 2.20. The van der Waals surface area contributed by atoms with Crippen LogP contribution >= 0.6 is 0 Å². The van der Waals surface area contributed by atoms with Crippen molar-refractivity contribution in [2.45, 2.75) is 19.8 Å². The molecule has 1 N–H and O–H groups in total. The lowest BCUT2D eigenvalue weighted by Gasteiger charge is -2.17. The van der Waals surface area contributed by atoms with Gasteiger partial charge in [0.1, 0.15) is 5.82 Å². The predicted molar refractivity (Wildman–Crippen MR) is 67.6 cm³/mol. The molecule has 0 saturated heterocycles. The molecule has 0 atom stereocenters. The highest BCUT2D eigenvalue weighted by atomic mass is 19.1. The Morgan fingerprint density at radius 2 is 2.06 bits per heavy atom. The fourth-order valence-corrected chi connectivity index (χ4v) is 1.77. The first kappa shape index (κ1) is 13.0. The standard InChI is InChI=1S/C13H21FN2/c1-4-15-9-5-6-11-10-12(14)7-8-13(11)16(2)3/h7-8,10,15H,4-6,9H2,1-3H3. The SMILES string of the molecule is CCNCCCc1cc(F)ccc1N(C)C. The first-order chi connectivity index (χ1) is 7.65. The van der Waals surface area contributed by atoms with E-state index in [0.717, 1.165) is 37.2 Å². The van der Waals surface area contributed by atoms with Crippen molar-refractivity contribution >= 4 is 5.69 Å². The number of benzene rings is 1. The molecule has 1 aromatic rings. The fourth-order valence-electron chi connectivity index (χ4n) is 1.77. The lowest BCUT2D eigenvalue weighted by atomic mass is 10.1. The number of hydrogen-bond donors (Lipinski definition) is 1. The van der Waals surface area contributed by atoms with Crippen LogP contribution in [0, 0.1) is 5.82 Å². The van der Waals surface area contributed by atoms with Crippen LogP contribution in [0.15, 0.2) is 18.2 Å². The molecule has 0 saturated carbocycles. The van der Waals surface area contributed by atoms with Gasteiger partial charge in [0.2, 0.25) is 0 Å². The molecule has 2 nitrogen and oxygen atoms in total. The van der Waals surface area contributed by atoms with Gasteiger partial charge in [-0.3, -0.25) is 0 Å².